The van der Waals surface area contributed by atoms with Crippen LogP contribution in [0.3, 0.4) is 0 Å². The molecule has 0 aliphatic carbocycles. The Hall–Kier alpha value is -3.94. The van der Waals surface area contributed by atoms with Crippen LogP contribution in [-0.2, 0) is 15.8 Å². The van der Waals surface area contributed by atoms with E-state index in [1.807, 2.05) is 13.8 Å². The fraction of sp³-hybridized carbons (Fsp3) is 0.120. The molecule has 1 N–H and O–H groups in total. The van der Waals surface area contributed by atoms with E-state index in [0.717, 1.165) is 29.3 Å². The number of nitrogens with one attached hydrogen (secondary N) is 1. The van der Waals surface area contributed by atoms with E-state index >= 15 is 0 Å². The zero-order valence-corrected chi connectivity index (χ0v) is 17.6. The Morgan fingerprint density at radius 3 is 2.21 bits per heavy atom. The van der Waals surface area contributed by atoms with Crippen LogP contribution >= 0.6 is 0 Å². The Bertz CT molecular complexity index is 1310. The molecule has 1 heterocycles. The van der Waals surface area contributed by atoms with E-state index in [9.17, 15) is 27.2 Å². The third-order valence-corrected chi connectivity index (χ3v) is 5.43. The van der Waals surface area contributed by atoms with Gasteiger partial charge in [-0.3, -0.25) is 9.59 Å². The van der Waals surface area contributed by atoms with Gasteiger partial charge in [0.15, 0.2) is 0 Å². The molecule has 168 valence electrons. The van der Waals surface area contributed by atoms with Crippen LogP contribution < -0.4 is 10.2 Å². The second-order valence-electron chi connectivity index (χ2n) is 7.65. The smallest absolute Gasteiger partial charge is 0.350 e. The number of carbonyl (C=O) groups excluding carboxylic acids is 2. The average molecular weight is 454 g/mol. The van der Waals surface area contributed by atoms with E-state index in [0.29, 0.717) is 10.5 Å². The highest BCUT2D eigenvalue weighted by Crippen LogP contribution is 2.36. The van der Waals surface area contributed by atoms with Gasteiger partial charge in [-0.05, 0) is 60.9 Å². The van der Waals surface area contributed by atoms with Gasteiger partial charge in [-0.15, -0.1) is 0 Å². The molecule has 0 atom stereocenters. The molecule has 33 heavy (non-hydrogen) atoms. The van der Waals surface area contributed by atoms with Gasteiger partial charge in [0.2, 0.25) is 0 Å². The normalized spacial score (nSPS) is 14.3. The topological polar surface area (TPSA) is 49.4 Å². The van der Waals surface area contributed by atoms with Crippen LogP contribution in [-0.4, -0.2) is 11.8 Å². The minimum absolute atomic E-state index is 0.0299. The zero-order chi connectivity index (χ0) is 23.9. The minimum atomic E-state index is -4.59. The van der Waals surface area contributed by atoms with E-state index in [1.165, 1.54) is 30.3 Å². The molecule has 0 fully saturated rings. The van der Waals surface area contributed by atoms with Crippen LogP contribution in [0.2, 0.25) is 0 Å². The van der Waals surface area contributed by atoms with Crippen LogP contribution in [0.25, 0.3) is 5.57 Å². The van der Waals surface area contributed by atoms with Crippen molar-refractivity contribution in [3.05, 3.63) is 100 Å². The van der Waals surface area contributed by atoms with Gasteiger partial charge in [-0.1, -0.05) is 36.4 Å². The molecule has 0 radical (unpaired) electrons. The van der Waals surface area contributed by atoms with E-state index < -0.39 is 29.4 Å². The molecule has 2 amide bonds. The van der Waals surface area contributed by atoms with Crippen LogP contribution in [0.15, 0.2) is 72.4 Å². The summed E-state index contributed by atoms with van der Waals surface area (Å²) in [5.74, 6) is -2.42. The monoisotopic (exact) mass is 454 g/mol. The highest BCUT2D eigenvalue weighted by Gasteiger charge is 2.41. The molecule has 4 rings (SSSR count). The van der Waals surface area contributed by atoms with E-state index in [-0.39, 0.29) is 22.6 Å². The Morgan fingerprint density at radius 2 is 1.55 bits per heavy atom. The first kappa shape index (κ1) is 22.3. The number of benzene rings is 3. The maximum absolute atomic E-state index is 14.5. The number of carbonyl (C=O) groups is 2. The van der Waals surface area contributed by atoms with E-state index in [4.69, 9.17) is 0 Å². The quantitative estimate of drug-likeness (QED) is 0.397. The fourth-order valence-electron chi connectivity index (χ4n) is 3.58. The Kier molecular flexibility index (Phi) is 5.53. The van der Waals surface area contributed by atoms with Gasteiger partial charge >= 0.3 is 6.18 Å². The van der Waals surface area contributed by atoms with Gasteiger partial charge < -0.3 is 5.32 Å². The van der Waals surface area contributed by atoms with Gasteiger partial charge in [0.1, 0.15) is 11.5 Å². The standard InChI is InChI=1S/C25H18F4N2O2/c1-14-10-11-16(12-15(14)2)21-22(30-18-7-5-6-17(13-18)25(27,28)29)24(33)31(23(21)32)20-9-4-3-8-19(20)26/h3-13,30H,1-2H3. The molecule has 8 heteroatoms. The van der Waals surface area contributed by atoms with Crippen molar-refractivity contribution >= 4 is 28.8 Å². The predicted octanol–water partition coefficient (Wildman–Crippen LogP) is 5.86. The van der Waals surface area contributed by atoms with Crippen LogP contribution in [0.4, 0.5) is 28.9 Å². The molecule has 0 aromatic heterocycles. The highest BCUT2D eigenvalue weighted by atomic mass is 19.4. The minimum Gasteiger partial charge on any atom is -0.350 e. The molecule has 1 aliphatic heterocycles. The number of para-hydroxylation sites is 1. The van der Waals surface area contributed by atoms with Crippen molar-refractivity contribution in [1.82, 2.24) is 0 Å². The molecule has 0 saturated heterocycles. The van der Waals surface area contributed by atoms with Crippen molar-refractivity contribution in [3.63, 3.8) is 0 Å². The summed E-state index contributed by atoms with van der Waals surface area (Å²) < 4.78 is 53.9. The number of nitrogens with zero attached hydrogens (tertiary/aromatic N) is 1. The maximum atomic E-state index is 14.5. The van der Waals surface area contributed by atoms with Crippen LogP contribution in [0.1, 0.15) is 22.3 Å². The third kappa shape index (κ3) is 4.11. The molecule has 0 bridgehead atoms. The molecule has 4 nitrogen and oxygen atoms in total. The largest absolute Gasteiger partial charge is 0.416 e. The number of amides is 2. The average Bonchev–Trinajstić information content (AvgIpc) is 3.00. The third-order valence-electron chi connectivity index (χ3n) is 5.43. The Balaban J connectivity index is 1.86. The lowest BCUT2D eigenvalue weighted by Gasteiger charge is -2.16. The SMILES string of the molecule is Cc1ccc(C2=C(Nc3cccc(C(F)(F)F)c3)C(=O)N(c3ccccc3F)C2=O)cc1C. The van der Waals surface area contributed by atoms with Crippen LogP contribution in [0.5, 0.6) is 0 Å². The summed E-state index contributed by atoms with van der Waals surface area (Å²) in [7, 11) is 0. The number of hydrogen-bond donors (Lipinski definition) is 1. The van der Waals surface area contributed by atoms with Crippen molar-refractivity contribution in [3.8, 4) is 0 Å². The van der Waals surface area contributed by atoms with Crippen molar-refractivity contribution in [2.24, 2.45) is 0 Å². The van der Waals surface area contributed by atoms with Gasteiger partial charge in [-0.2, -0.15) is 13.2 Å². The molecule has 1 aliphatic rings. The lowest BCUT2D eigenvalue weighted by molar-refractivity contribution is -0.137. The summed E-state index contributed by atoms with van der Waals surface area (Å²) in [6, 6.07) is 14.7. The number of alkyl halides is 3. The van der Waals surface area contributed by atoms with Gasteiger partial charge in [0, 0.05) is 5.69 Å². The number of imide groups is 1. The van der Waals surface area contributed by atoms with Gasteiger partial charge in [0.05, 0.1) is 16.8 Å². The molecule has 0 unspecified atom stereocenters. The molecular formula is C25H18F4N2O2. The molecule has 3 aromatic carbocycles. The summed E-state index contributed by atoms with van der Waals surface area (Å²) >= 11 is 0. The first-order valence-electron chi connectivity index (χ1n) is 9.97. The Labute approximate surface area is 187 Å². The molecular weight excluding hydrogens is 436 g/mol. The number of halogens is 4. The van der Waals surface area contributed by atoms with Crippen molar-refractivity contribution in [2.75, 3.05) is 10.2 Å². The van der Waals surface area contributed by atoms with E-state index in [1.54, 1.807) is 18.2 Å². The second kappa shape index (κ2) is 8.20. The summed E-state index contributed by atoms with van der Waals surface area (Å²) in [6.45, 7) is 3.71. The molecule has 0 spiro atoms. The molecule has 3 aromatic rings. The summed E-state index contributed by atoms with van der Waals surface area (Å²) in [6.07, 6.45) is -4.59. The highest BCUT2D eigenvalue weighted by molar-refractivity contribution is 6.46. The van der Waals surface area contributed by atoms with Crippen molar-refractivity contribution in [1.29, 1.82) is 0 Å². The first-order chi connectivity index (χ1) is 15.6. The maximum Gasteiger partial charge on any atom is 0.416 e. The van der Waals surface area contributed by atoms with Crippen molar-refractivity contribution < 1.29 is 27.2 Å². The number of rotatable bonds is 4. The van der Waals surface area contributed by atoms with Gasteiger partial charge in [0.25, 0.3) is 11.8 Å². The fourth-order valence-corrected chi connectivity index (χ4v) is 3.58. The zero-order valence-electron chi connectivity index (χ0n) is 17.6. The van der Waals surface area contributed by atoms with Crippen LogP contribution in [0, 0.1) is 19.7 Å². The summed E-state index contributed by atoms with van der Waals surface area (Å²) in [4.78, 5) is 27.3. The lowest BCUT2D eigenvalue weighted by atomic mass is 9.99. The van der Waals surface area contributed by atoms with E-state index in [2.05, 4.69) is 5.32 Å². The molecule has 0 saturated carbocycles. The number of aryl methyl sites for hydroxylation is 2. The summed E-state index contributed by atoms with van der Waals surface area (Å²) in [5, 5.41) is 2.68. The summed E-state index contributed by atoms with van der Waals surface area (Å²) in [5.41, 5.74) is 0.729. The van der Waals surface area contributed by atoms with Gasteiger partial charge in [-0.25, -0.2) is 9.29 Å². The Morgan fingerprint density at radius 1 is 0.818 bits per heavy atom. The number of anilines is 2. The second-order valence-corrected chi connectivity index (χ2v) is 7.65. The first-order valence-corrected chi connectivity index (χ1v) is 9.97. The van der Waals surface area contributed by atoms with Crippen molar-refractivity contribution in [2.45, 2.75) is 20.0 Å². The predicted molar refractivity (Wildman–Crippen MR) is 117 cm³/mol. The lowest BCUT2D eigenvalue weighted by Crippen LogP contribution is -2.33. The number of hydrogen-bond acceptors (Lipinski definition) is 3.